The lowest BCUT2D eigenvalue weighted by Gasteiger charge is -2.34. The standard InChI is InChI=1S/C45H30N2O2/c48-43-39-21-11-13-23-42(39)46(44(49)47(43)35-26-24-32(25-27-35)31-14-4-1-5-15-31)36-28-29-38-37-20-10-12-22-40(37)45(41(38)30-36,33-16-6-2-7-17-33)34-18-8-3-9-19-34/h1-30H. The van der Waals surface area contributed by atoms with Crippen molar-refractivity contribution in [2.24, 2.45) is 0 Å². The second-order valence-corrected chi connectivity index (χ2v) is 12.4. The van der Waals surface area contributed by atoms with Crippen molar-refractivity contribution in [2.45, 2.75) is 5.41 Å². The predicted molar refractivity (Wildman–Crippen MR) is 198 cm³/mol. The Morgan fingerprint density at radius 1 is 0.408 bits per heavy atom. The molecule has 0 radical (unpaired) electrons. The molecular weight excluding hydrogens is 601 g/mol. The van der Waals surface area contributed by atoms with Gasteiger partial charge in [0.15, 0.2) is 0 Å². The van der Waals surface area contributed by atoms with Gasteiger partial charge in [0.05, 0.1) is 27.7 Å². The second-order valence-electron chi connectivity index (χ2n) is 12.4. The topological polar surface area (TPSA) is 44.0 Å². The van der Waals surface area contributed by atoms with Crippen molar-refractivity contribution in [3.63, 3.8) is 0 Å². The molecule has 0 saturated carbocycles. The minimum atomic E-state index is -0.619. The summed E-state index contributed by atoms with van der Waals surface area (Å²) in [4.78, 5) is 28.8. The normalized spacial score (nSPS) is 12.8. The van der Waals surface area contributed by atoms with Crippen LogP contribution in [0.5, 0.6) is 0 Å². The summed E-state index contributed by atoms with van der Waals surface area (Å²) in [6.07, 6.45) is 0. The quantitative estimate of drug-likeness (QED) is 0.190. The van der Waals surface area contributed by atoms with Crippen LogP contribution in [0.4, 0.5) is 0 Å². The Hall–Kier alpha value is -6.52. The van der Waals surface area contributed by atoms with Crippen molar-refractivity contribution in [2.75, 3.05) is 0 Å². The van der Waals surface area contributed by atoms with Gasteiger partial charge in [0.25, 0.3) is 5.56 Å². The van der Waals surface area contributed by atoms with Gasteiger partial charge >= 0.3 is 5.69 Å². The van der Waals surface area contributed by atoms with Crippen molar-refractivity contribution in [1.29, 1.82) is 0 Å². The largest absolute Gasteiger partial charge is 0.340 e. The van der Waals surface area contributed by atoms with Gasteiger partial charge in [0.2, 0.25) is 0 Å². The summed E-state index contributed by atoms with van der Waals surface area (Å²) in [7, 11) is 0. The van der Waals surface area contributed by atoms with E-state index in [4.69, 9.17) is 0 Å². The van der Waals surface area contributed by atoms with Gasteiger partial charge in [0.1, 0.15) is 0 Å². The Morgan fingerprint density at radius 2 is 0.939 bits per heavy atom. The number of fused-ring (bicyclic) bond motifs is 4. The minimum Gasteiger partial charge on any atom is -0.268 e. The lowest BCUT2D eigenvalue weighted by Crippen LogP contribution is -2.38. The summed E-state index contributed by atoms with van der Waals surface area (Å²) in [6.45, 7) is 0. The van der Waals surface area contributed by atoms with Gasteiger partial charge in [-0.3, -0.25) is 9.36 Å². The molecule has 0 atom stereocenters. The average molecular weight is 631 g/mol. The van der Waals surface area contributed by atoms with E-state index in [-0.39, 0.29) is 5.56 Å². The third kappa shape index (κ3) is 4.31. The molecule has 0 N–H and O–H groups in total. The van der Waals surface area contributed by atoms with Crippen LogP contribution in [0.3, 0.4) is 0 Å². The van der Waals surface area contributed by atoms with E-state index < -0.39 is 11.1 Å². The third-order valence-electron chi connectivity index (χ3n) is 9.89. The van der Waals surface area contributed by atoms with E-state index in [1.807, 2.05) is 91.0 Å². The molecule has 49 heavy (non-hydrogen) atoms. The highest BCUT2D eigenvalue weighted by Crippen LogP contribution is 2.56. The smallest absolute Gasteiger partial charge is 0.268 e. The van der Waals surface area contributed by atoms with Gasteiger partial charge in [-0.1, -0.05) is 146 Å². The molecule has 1 aliphatic carbocycles. The van der Waals surface area contributed by atoms with Crippen LogP contribution in [0.25, 0.3) is 44.5 Å². The second kappa shape index (κ2) is 11.3. The molecule has 0 unspecified atom stereocenters. The van der Waals surface area contributed by atoms with E-state index in [2.05, 4.69) is 84.9 Å². The van der Waals surface area contributed by atoms with Gasteiger partial charge < -0.3 is 0 Å². The van der Waals surface area contributed by atoms with Crippen LogP contribution in [0.15, 0.2) is 192 Å². The number of aromatic nitrogens is 2. The summed E-state index contributed by atoms with van der Waals surface area (Å²) in [5.74, 6) is 0. The molecule has 1 heterocycles. The first-order valence-corrected chi connectivity index (χ1v) is 16.4. The Labute approximate surface area is 283 Å². The summed E-state index contributed by atoms with van der Waals surface area (Å²) < 4.78 is 2.98. The lowest BCUT2D eigenvalue weighted by atomic mass is 9.67. The highest BCUT2D eigenvalue weighted by Gasteiger charge is 2.46. The van der Waals surface area contributed by atoms with E-state index in [1.165, 1.54) is 10.1 Å². The summed E-state index contributed by atoms with van der Waals surface area (Å²) >= 11 is 0. The minimum absolute atomic E-state index is 0.346. The molecule has 8 aromatic rings. The molecule has 0 aliphatic heterocycles. The fourth-order valence-electron chi connectivity index (χ4n) is 7.74. The molecule has 4 nitrogen and oxygen atoms in total. The van der Waals surface area contributed by atoms with Gasteiger partial charge in [-0.2, -0.15) is 0 Å². The molecule has 1 aromatic heterocycles. The van der Waals surface area contributed by atoms with Gasteiger partial charge in [-0.15, -0.1) is 0 Å². The van der Waals surface area contributed by atoms with E-state index >= 15 is 0 Å². The van der Waals surface area contributed by atoms with E-state index in [1.54, 1.807) is 10.6 Å². The zero-order valence-electron chi connectivity index (χ0n) is 26.5. The monoisotopic (exact) mass is 630 g/mol. The number of hydrogen-bond acceptors (Lipinski definition) is 2. The van der Waals surface area contributed by atoms with Crippen LogP contribution >= 0.6 is 0 Å². The Kier molecular flexibility index (Phi) is 6.63. The molecule has 0 fully saturated rings. The fourth-order valence-corrected chi connectivity index (χ4v) is 7.74. The van der Waals surface area contributed by atoms with Crippen LogP contribution in [0.2, 0.25) is 0 Å². The lowest BCUT2D eigenvalue weighted by molar-refractivity contribution is 0.765. The zero-order chi connectivity index (χ0) is 33.0. The van der Waals surface area contributed by atoms with Crippen LogP contribution in [0, 0.1) is 0 Å². The number of rotatable bonds is 5. The molecule has 7 aromatic carbocycles. The van der Waals surface area contributed by atoms with Crippen LogP contribution < -0.4 is 11.2 Å². The van der Waals surface area contributed by atoms with E-state index in [9.17, 15) is 9.59 Å². The maximum atomic E-state index is 14.7. The Balaban J connectivity index is 1.32. The molecule has 0 amide bonds. The maximum Gasteiger partial charge on any atom is 0.340 e. The van der Waals surface area contributed by atoms with Crippen LogP contribution in [0.1, 0.15) is 22.3 Å². The summed E-state index contributed by atoms with van der Waals surface area (Å²) in [6, 6.07) is 61.1. The van der Waals surface area contributed by atoms with E-state index in [0.29, 0.717) is 22.3 Å². The van der Waals surface area contributed by atoms with Gasteiger partial charge in [-0.05, 0) is 80.9 Å². The molecule has 1 aliphatic rings. The molecular formula is C45H30N2O2. The van der Waals surface area contributed by atoms with Crippen LogP contribution in [-0.2, 0) is 5.41 Å². The van der Waals surface area contributed by atoms with Crippen molar-refractivity contribution >= 4 is 10.9 Å². The number of nitrogens with zero attached hydrogens (tertiary/aromatic N) is 2. The molecule has 4 heteroatoms. The molecule has 9 rings (SSSR count). The molecule has 0 bridgehead atoms. The van der Waals surface area contributed by atoms with Crippen molar-refractivity contribution in [3.05, 3.63) is 225 Å². The first-order chi connectivity index (χ1) is 24.2. The number of hydrogen-bond donors (Lipinski definition) is 0. The predicted octanol–water partition coefficient (Wildman–Crippen LogP) is 9.17. The van der Waals surface area contributed by atoms with Gasteiger partial charge in [-0.25, -0.2) is 9.36 Å². The third-order valence-corrected chi connectivity index (χ3v) is 9.89. The average Bonchev–Trinajstić information content (AvgIpc) is 3.47. The van der Waals surface area contributed by atoms with Crippen molar-refractivity contribution in [1.82, 2.24) is 9.13 Å². The maximum absolute atomic E-state index is 14.7. The Bertz CT molecular complexity index is 2580. The van der Waals surface area contributed by atoms with Gasteiger partial charge in [0, 0.05) is 0 Å². The first-order valence-electron chi connectivity index (χ1n) is 16.4. The highest BCUT2D eigenvalue weighted by atomic mass is 16.2. The SMILES string of the molecule is O=c1c2ccccc2n(-c2ccc3c(c2)C(c2ccccc2)(c2ccccc2)c2ccccc2-3)c(=O)n1-c1ccc(-c2ccccc2)cc1. The van der Waals surface area contributed by atoms with Crippen molar-refractivity contribution in [3.8, 4) is 33.6 Å². The molecule has 0 saturated heterocycles. The fraction of sp³-hybridized carbons (Fsp3) is 0.0222. The first kappa shape index (κ1) is 28.7. The van der Waals surface area contributed by atoms with E-state index in [0.717, 1.165) is 38.9 Å². The molecule has 232 valence electrons. The highest BCUT2D eigenvalue weighted by molar-refractivity contribution is 5.88. The number of para-hydroxylation sites is 1. The summed E-state index contributed by atoms with van der Waals surface area (Å²) in [5, 5.41) is 0.468. The van der Waals surface area contributed by atoms with Crippen LogP contribution in [-0.4, -0.2) is 9.13 Å². The number of benzene rings is 7. The van der Waals surface area contributed by atoms with Crippen molar-refractivity contribution < 1.29 is 0 Å². The zero-order valence-corrected chi connectivity index (χ0v) is 26.5. The Morgan fingerprint density at radius 3 is 1.63 bits per heavy atom. The summed E-state index contributed by atoms with van der Waals surface area (Å²) in [5.41, 5.74) is 9.32. The molecule has 0 spiro atoms.